The summed E-state index contributed by atoms with van der Waals surface area (Å²) in [7, 11) is 0. The molecule has 0 aromatic heterocycles. The molecule has 0 aliphatic heterocycles. The van der Waals surface area contributed by atoms with Gasteiger partial charge >= 0.3 is 0 Å². The van der Waals surface area contributed by atoms with Gasteiger partial charge in [0.05, 0.1) is 0 Å². The molecule has 1 nitrogen and oxygen atoms in total. The number of rotatable bonds is 6. The Labute approximate surface area is 70.4 Å². The second-order valence-electron chi connectivity index (χ2n) is 3.00. The van der Waals surface area contributed by atoms with Crippen molar-refractivity contribution in [2.24, 2.45) is 5.73 Å². The summed E-state index contributed by atoms with van der Waals surface area (Å²) in [5, 5.41) is 0. The van der Waals surface area contributed by atoms with Crippen LogP contribution >= 0.6 is 0 Å². The van der Waals surface area contributed by atoms with Crippen LogP contribution in [0.5, 0.6) is 0 Å². The molecule has 0 amide bonds. The molecule has 0 aliphatic carbocycles. The molecule has 0 heterocycles. The first-order chi connectivity index (χ1) is 5.31. The van der Waals surface area contributed by atoms with Gasteiger partial charge in [-0.2, -0.15) is 0 Å². The zero-order chi connectivity index (χ0) is 8.53. The molecule has 0 aromatic rings. The maximum absolute atomic E-state index is 5.80. The Morgan fingerprint density at radius 1 is 1.36 bits per heavy atom. The van der Waals surface area contributed by atoms with Gasteiger partial charge in [0, 0.05) is 12.5 Å². The van der Waals surface area contributed by atoms with Crippen molar-refractivity contribution in [1.82, 2.24) is 0 Å². The molecule has 64 valence electrons. The Morgan fingerprint density at radius 2 is 2.09 bits per heavy atom. The highest BCUT2D eigenvalue weighted by Crippen LogP contribution is 2.05. The van der Waals surface area contributed by atoms with Crippen molar-refractivity contribution in [2.75, 3.05) is 0 Å². The molecule has 1 unspecified atom stereocenters. The first-order valence-electron chi connectivity index (χ1n) is 4.50. The topological polar surface area (TPSA) is 26.0 Å². The summed E-state index contributed by atoms with van der Waals surface area (Å²) >= 11 is 0. The van der Waals surface area contributed by atoms with Gasteiger partial charge in [-0.25, -0.2) is 0 Å². The highest BCUT2D eigenvalue weighted by Gasteiger charge is 1.99. The lowest BCUT2D eigenvalue weighted by Gasteiger charge is -2.07. The highest BCUT2D eigenvalue weighted by molar-refractivity contribution is 4.84. The van der Waals surface area contributed by atoms with Crippen molar-refractivity contribution in [3.8, 4) is 12.3 Å². The van der Waals surface area contributed by atoms with E-state index in [2.05, 4.69) is 12.8 Å². The van der Waals surface area contributed by atoms with Crippen molar-refractivity contribution in [1.29, 1.82) is 0 Å². The van der Waals surface area contributed by atoms with Crippen LogP contribution in [0.2, 0.25) is 0 Å². The van der Waals surface area contributed by atoms with Crippen LogP contribution in [0.3, 0.4) is 0 Å². The fourth-order valence-electron chi connectivity index (χ4n) is 1.07. The fraction of sp³-hybridized carbons (Fsp3) is 0.800. The lowest BCUT2D eigenvalue weighted by atomic mass is 10.1. The van der Waals surface area contributed by atoms with E-state index in [0.29, 0.717) is 6.04 Å². The third-order valence-electron chi connectivity index (χ3n) is 1.84. The van der Waals surface area contributed by atoms with Crippen molar-refractivity contribution < 1.29 is 0 Å². The monoisotopic (exact) mass is 153 g/mol. The van der Waals surface area contributed by atoms with Gasteiger partial charge in [0.25, 0.3) is 0 Å². The van der Waals surface area contributed by atoms with E-state index in [4.69, 9.17) is 12.2 Å². The lowest BCUT2D eigenvalue weighted by Crippen LogP contribution is -2.19. The molecule has 0 bridgehead atoms. The summed E-state index contributed by atoms with van der Waals surface area (Å²) in [6.45, 7) is 2.20. The van der Waals surface area contributed by atoms with Crippen LogP contribution < -0.4 is 5.73 Å². The number of hydrogen-bond acceptors (Lipinski definition) is 1. The molecule has 11 heavy (non-hydrogen) atoms. The van der Waals surface area contributed by atoms with Crippen LogP contribution in [0.25, 0.3) is 0 Å². The minimum Gasteiger partial charge on any atom is -0.328 e. The van der Waals surface area contributed by atoms with Gasteiger partial charge in [-0.3, -0.25) is 0 Å². The molecule has 0 aliphatic rings. The van der Waals surface area contributed by atoms with Crippen molar-refractivity contribution in [3.63, 3.8) is 0 Å². The summed E-state index contributed by atoms with van der Waals surface area (Å²) in [4.78, 5) is 0. The van der Waals surface area contributed by atoms with E-state index >= 15 is 0 Å². The molecule has 0 aromatic carbocycles. The van der Waals surface area contributed by atoms with Gasteiger partial charge < -0.3 is 5.73 Å². The Kier molecular flexibility index (Phi) is 7.29. The summed E-state index contributed by atoms with van der Waals surface area (Å²) in [6, 6.07) is 0.331. The third-order valence-corrected chi connectivity index (χ3v) is 1.84. The second-order valence-corrected chi connectivity index (χ2v) is 3.00. The van der Waals surface area contributed by atoms with E-state index in [1.807, 2.05) is 0 Å². The first kappa shape index (κ1) is 10.5. The summed E-state index contributed by atoms with van der Waals surface area (Å²) in [6.07, 6.45) is 11.9. The number of hydrogen-bond donors (Lipinski definition) is 1. The minimum absolute atomic E-state index is 0.331. The van der Waals surface area contributed by atoms with E-state index in [1.165, 1.54) is 19.3 Å². The molecule has 0 rings (SSSR count). The molecule has 0 radical (unpaired) electrons. The maximum atomic E-state index is 5.80. The van der Waals surface area contributed by atoms with Crippen LogP contribution in [0.15, 0.2) is 0 Å². The average molecular weight is 153 g/mol. The average Bonchev–Trinajstić information content (AvgIpc) is 2.01. The SMILES string of the molecule is C#CCCC(N)CCCCC. The Morgan fingerprint density at radius 3 is 2.64 bits per heavy atom. The van der Waals surface area contributed by atoms with E-state index in [9.17, 15) is 0 Å². The Hall–Kier alpha value is -0.480. The van der Waals surface area contributed by atoms with Gasteiger partial charge in [-0.15, -0.1) is 12.3 Å². The zero-order valence-electron chi connectivity index (χ0n) is 7.47. The molecular formula is C10H19N. The molecular weight excluding hydrogens is 134 g/mol. The smallest absolute Gasteiger partial charge is 0.0101 e. The van der Waals surface area contributed by atoms with Crippen LogP contribution in [0, 0.1) is 12.3 Å². The molecule has 0 fully saturated rings. The largest absolute Gasteiger partial charge is 0.328 e. The normalized spacial score (nSPS) is 12.5. The molecule has 0 spiro atoms. The summed E-state index contributed by atoms with van der Waals surface area (Å²) in [5.41, 5.74) is 5.80. The number of terminal acetylenes is 1. The predicted molar refractivity (Wildman–Crippen MR) is 50.2 cm³/mol. The molecule has 1 atom stereocenters. The number of nitrogens with two attached hydrogens (primary N) is 1. The van der Waals surface area contributed by atoms with Crippen LogP contribution in [-0.2, 0) is 0 Å². The molecule has 0 saturated carbocycles. The van der Waals surface area contributed by atoms with Crippen molar-refractivity contribution in [3.05, 3.63) is 0 Å². The standard InChI is InChI=1S/C10H19N/c1-3-5-7-9-10(11)8-6-4-2/h2,10H,3,5-9,11H2,1H3. The number of unbranched alkanes of at least 4 members (excludes halogenated alkanes) is 2. The Balaban J connectivity index is 3.10. The van der Waals surface area contributed by atoms with E-state index in [1.54, 1.807) is 0 Å². The summed E-state index contributed by atoms with van der Waals surface area (Å²) < 4.78 is 0. The van der Waals surface area contributed by atoms with Crippen molar-refractivity contribution in [2.45, 2.75) is 51.5 Å². The quantitative estimate of drug-likeness (QED) is 0.460. The van der Waals surface area contributed by atoms with Gasteiger partial charge in [-0.1, -0.05) is 26.2 Å². The maximum Gasteiger partial charge on any atom is 0.0101 e. The fourth-order valence-corrected chi connectivity index (χ4v) is 1.07. The van der Waals surface area contributed by atoms with Crippen LogP contribution in [-0.4, -0.2) is 6.04 Å². The van der Waals surface area contributed by atoms with Gasteiger partial charge in [0.15, 0.2) is 0 Å². The van der Waals surface area contributed by atoms with Gasteiger partial charge in [-0.05, 0) is 12.8 Å². The molecule has 2 N–H and O–H groups in total. The molecule has 0 saturated heterocycles. The van der Waals surface area contributed by atoms with E-state index < -0.39 is 0 Å². The molecule has 1 heteroatoms. The third kappa shape index (κ3) is 7.42. The first-order valence-corrected chi connectivity index (χ1v) is 4.50. The second kappa shape index (κ2) is 7.63. The highest BCUT2D eigenvalue weighted by atomic mass is 14.6. The summed E-state index contributed by atoms with van der Waals surface area (Å²) in [5.74, 6) is 2.61. The van der Waals surface area contributed by atoms with E-state index in [0.717, 1.165) is 19.3 Å². The van der Waals surface area contributed by atoms with Crippen molar-refractivity contribution >= 4 is 0 Å². The van der Waals surface area contributed by atoms with Gasteiger partial charge in [0.2, 0.25) is 0 Å². The minimum atomic E-state index is 0.331. The van der Waals surface area contributed by atoms with E-state index in [-0.39, 0.29) is 0 Å². The van der Waals surface area contributed by atoms with Crippen LogP contribution in [0.1, 0.15) is 45.4 Å². The Bertz CT molecular complexity index is 113. The predicted octanol–water partition coefficient (Wildman–Crippen LogP) is 2.31. The van der Waals surface area contributed by atoms with Gasteiger partial charge in [0.1, 0.15) is 0 Å². The van der Waals surface area contributed by atoms with Crippen LogP contribution in [0.4, 0.5) is 0 Å². The zero-order valence-corrected chi connectivity index (χ0v) is 7.47. The lowest BCUT2D eigenvalue weighted by molar-refractivity contribution is 0.535.